The lowest BCUT2D eigenvalue weighted by atomic mass is 10.1. The number of ether oxygens (including phenoxy) is 1. The second-order valence-corrected chi connectivity index (χ2v) is 4.95. The van der Waals surface area contributed by atoms with E-state index in [4.69, 9.17) is 9.84 Å². The van der Waals surface area contributed by atoms with Crippen LogP contribution in [0.25, 0.3) is 0 Å². The summed E-state index contributed by atoms with van der Waals surface area (Å²) in [5.74, 6) is -0.588. The zero-order chi connectivity index (χ0) is 14.4. The summed E-state index contributed by atoms with van der Waals surface area (Å²) >= 11 is 3.37. The van der Waals surface area contributed by atoms with Crippen molar-refractivity contribution in [2.75, 3.05) is 7.11 Å². The number of methoxy groups -OCH3 is 1. The van der Waals surface area contributed by atoms with Crippen LogP contribution in [0.3, 0.4) is 0 Å². The molecule has 0 bridgehead atoms. The van der Waals surface area contributed by atoms with Crippen LogP contribution in [-0.4, -0.2) is 30.1 Å². The van der Waals surface area contributed by atoms with Crippen molar-refractivity contribution < 1.29 is 19.4 Å². The smallest absolute Gasteiger partial charge is 0.325 e. The van der Waals surface area contributed by atoms with Crippen LogP contribution in [0.1, 0.15) is 18.9 Å². The Morgan fingerprint density at radius 3 is 2.68 bits per heavy atom. The number of carbonyl (C=O) groups excluding carboxylic acids is 1. The maximum atomic E-state index is 11.5. The maximum Gasteiger partial charge on any atom is 0.325 e. The Kier molecular flexibility index (Phi) is 5.82. The van der Waals surface area contributed by atoms with Gasteiger partial charge in [-0.05, 0) is 47.0 Å². The number of aryl methyl sites for hydroxylation is 1. The van der Waals surface area contributed by atoms with E-state index in [9.17, 15) is 9.59 Å². The molecule has 2 N–H and O–H groups in total. The quantitative estimate of drug-likeness (QED) is 0.836. The average molecular weight is 330 g/mol. The van der Waals surface area contributed by atoms with E-state index >= 15 is 0 Å². The first-order valence-corrected chi connectivity index (χ1v) is 6.58. The molecule has 0 heterocycles. The molecule has 5 nitrogen and oxygen atoms in total. The topological polar surface area (TPSA) is 75.6 Å². The maximum absolute atomic E-state index is 11.5. The lowest BCUT2D eigenvalue weighted by Gasteiger charge is -2.09. The Morgan fingerprint density at radius 1 is 1.47 bits per heavy atom. The minimum Gasteiger partial charge on any atom is -0.496 e. The molecule has 0 spiro atoms. The van der Waals surface area contributed by atoms with Crippen molar-refractivity contribution in [3.05, 3.63) is 28.2 Å². The standard InChI is InChI=1S/C13H16BrNO4/c1-8(13(17)18)15-12(16)6-4-9-3-5-11(19-2)10(14)7-9/h3,5,7-8H,4,6H2,1-2H3,(H,15,16)(H,17,18)/t8-/m0/s1. The molecule has 0 saturated heterocycles. The second-order valence-electron chi connectivity index (χ2n) is 4.10. The summed E-state index contributed by atoms with van der Waals surface area (Å²) in [6, 6.07) is 4.71. The Morgan fingerprint density at radius 2 is 2.16 bits per heavy atom. The summed E-state index contributed by atoms with van der Waals surface area (Å²) in [5, 5.41) is 11.1. The van der Waals surface area contributed by atoms with E-state index in [0.29, 0.717) is 6.42 Å². The summed E-state index contributed by atoms with van der Waals surface area (Å²) in [7, 11) is 1.58. The lowest BCUT2D eigenvalue weighted by molar-refractivity contribution is -0.141. The summed E-state index contributed by atoms with van der Waals surface area (Å²) in [5.41, 5.74) is 0.978. The van der Waals surface area contributed by atoms with Gasteiger partial charge in [-0.25, -0.2) is 0 Å². The molecule has 0 aliphatic carbocycles. The van der Waals surface area contributed by atoms with E-state index in [1.54, 1.807) is 7.11 Å². The summed E-state index contributed by atoms with van der Waals surface area (Å²) in [6.45, 7) is 1.43. The van der Waals surface area contributed by atoms with E-state index in [2.05, 4.69) is 21.2 Å². The summed E-state index contributed by atoms with van der Waals surface area (Å²) in [6.07, 6.45) is 0.789. The first-order valence-electron chi connectivity index (χ1n) is 5.78. The van der Waals surface area contributed by atoms with Crippen molar-refractivity contribution >= 4 is 27.8 Å². The number of nitrogens with one attached hydrogen (secondary N) is 1. The number of hydrogen-bond donors (Lipinski definition) is 2. The fraction of sp³-hybridized carbons (Fsp3) is 0.385. The fourth-order valence-electron chi connectivity index (χ4n) is 1.50. The third-order valence-corrected chi connectivity index (χ3v) is 3.22. The van der Waals surface area contributed by atoms with Gasteiger partial charge in [0.05, 0.1) is 11.6 Å². The van der Waals surface area contributed by atoms with E-state index < -0.39 is 12.0 Å². The summed E-state index contributed by atoms with van der Waals surface area (Å²) in [4.78, 5) is 22.1. The number of carboxylic acid groups (broad SMARTS) is 1. The average Bonchev–Trinajstić information content (AvgIpc) is 2.36. The van der Waals surface area contributed by atoms with Gasteiger partial charge in [0.15, 0.2) is 0 Å². The number of rotatable bonds is 6. The third-order valence-electron chi connectivity index (χ3n) is 2.60. The van der Waals surface area contributed by atoms with Crippen molar-refractivity contribution in [1.82, 2.24) is 5.32 Å². The highest BCUT2D eigenvalue weighted by Crippen LogP contribution is 2.25. The highest BCUT2D eigenvalue weighted by Gasteiger charge is 2.13. The molecular weight excluding hydrogens is 314 g/mol. The molecule has 0 aliphatic heterocycles. The number of hydrogen-bond acceptors (Lipinski definition) is 3. The highest BCUT2D eigenvalue weighted by atomic mass is 79.9. The predicted molar refractivity (Wildman–Crippen MR) is 74.3 cm³/mol. The van der Waals surface area contributed by atoms with E-state index in [1.165, 1.54) is 6.92 Å². The molecule has 0 radical (unpaired) electrons. The molecule has 0 fully saturated rings. The first kappa shape index (κ1) is 15.5. The van der Waals surface area contributed by atoms with Crippen LogP contribution in [0.2, 0.25) is 0 Å². The molecule has 0 saturated carbocycles. The molecule has 104 valence electrons. The predicted octanol–water partition coefficient (Wildman–Crippen LogP) is 1.98. The normalized spacial score (nSPS) is 11.7. The Hall–Kier alpha value is -1.56. The molecule has 1 aromatic carbocycles. The number of amides is 1. The molecule has 1 atom stereocenters. The van der Waals surface area contributed by atoms with Gasteiger partial charge in [0.2, 0.25) is 5.91 Å². The van der Waals surface area contributed by atoms with Crippen molar-refractivity contribution in [3.8, 4) is 5.75 Å². The summed E-state index contributed by atoms with van der Waals surface area (Å²) < 4.78 is 5.94. The van der Waals surface area contributed by atoms with Gasteiger partial charge in [0.25, 0.3) is 0 Å². The second kappa shape index (κ2) is 7.13. The van der Waals surface area contributed by atoms with Crippen LogP contribution >= 0.6 is 15.9 Å². The van der Waals surface area contributed by atoms with Gasteiger partial charge in [-0.3, -0.25) is 9.59 Å². The van der Waals surface area contributed by atoms with Crippen LogP contribution in [0, 0.1) is 0 Å². The van der Waals surface area contributed by atoms with Crippen LogP contribution in [0.4, 0.5) is 0 Å². The molecule has 1 rings (SSSR count). The zero-order valence-electron chi connectivity index (χ0n) is 10.8. The molecule has 0 unspecified atom stereocenters. The van der Waals surface area contributed by atoms with Gasteiger partial charge < -0.3 is 15.2 Å². The molecular formula is C13H16BrNO4. The fourth-order valence-corrected chi connectivity index (χ4v) is 2.09. The number of aliphatic carboxylic acids is 1. The lowest BCUT2D eigenvalue weighted by Crippen LogP contribution is -2.38. The van der Waals surface area contributed by atoms with Crippen LogP contribution in [0.5, 0.6) is 5.75 Å². The minimum absolute atomic E-state index is 0.246. The highest BCUT2D eigenvalue weighted by molar-refractivity contribution is 9.10. The van der Waals surface area contributed by atoms with Crippen molar-refractivity contribution in [3.63, 3.8) is 0 Å². The zero-order valence-corrected chi connectivity index (χ0v) is 12.4. The SMILES string of the molecule is COc1ccc(CCC(=O)N[C@@H](C)C(=O)O)cc1Br. The molecule has 0 aliphatic rings. The number of halogens is 1. The van der Waals surface area contributed by atoms with Gasteiger partial charge in [-0.2, -0.15) is 0 Å². The van der Waals surface area contributed by atoms with Crippen LogP contribution < -0.4 is 10.1 Å². The van der Waals surface area contributed by atoms with Crippen molar-refractivity contribution in [2.45, 2.75) is 25.8 Å². The van der Waals surface area contributed by atoms with Gasteiger partial charge in [0, 0.05) is 6.42 Å². The van der Waals surface area contributed by atoms with Gasteiger partial charge in [-0.1, -0.05) is 6.07 Å². The van der Waals surface area contributed by atoms with Crippen LogP contribution in [-0.2, 0) is 16.0 Å². The van der Waals surface area contributed by atoms with Crippen LogP contribution in [0.15, 0.2) is 22.7 Å². The molecule has 0 aromatic heterocycles. The van der Waals surface area contributed by atoms with Gasteiger partial charge in [0.1, 0.15) is 11.8 Å². The number of carboxylic acids is 1. The minimum atomic E-state index is -1.04. The van der Waals surface area contributed by atoms with E-state index in [0.717, 1.165) is 15.8 Å². The van der Waals surface area contributed by atoms with Gasteiger partial charge in [-0.15, -0.1) is 0 Å². The number of carbonyl (C=O) groups is 2. The monoisotopic (exact) mass is 329 g/mol. The number of benzene rings is 1. The first-order chi connectivity index (χ1) is 8.93. The molecule has 6 heteroatoms. The molecule has 19 heavy (non-hydrogen) atoms. The molecule has 1 aromatic rings. The molecule has 1 amide bonds. The van der Waals surface area contributed by atoms with Crippen molar-refractivity contribution in [1.29, 1.82) is 0 Å². The Labute approximate surface area is 120 Å². The van der Waals surface area contributed by atoms with E-state index in [1.807, 2.05) is 18.2 Å². The van der Waals surface area contributed by atoms with E-state index in [-0.39, 0.29) is 12.3 Å². The Bertz CT molecular complexity index is 476. The Balaban J connectivity index is 2.50. The third kappa shape index (κ3) is 4.90. The van der Waals surface area contributed by atoms with Crippen molar-refractivity contribution in [2.24, 2.45) is 0 Å². The van der Waals surface area contributed by atoms with Gasteiger partial charge >= 0.3 is 5.97 Å². The largest absolute Gasteiger partial charge is 0.496 e.